The average Bonchev–Trinajstić information content (AvgIpc) is 3.09. The van der Waals surface area contributed by atoms with Crippen molar-refractivity contribution in [2.45, 2.75) is 57.5 Å². The molecule has 0 radical (unpaired) electrons. The minimum Gasteiger partial charge on any atom is -0.382 e. The Balaban J connectivity index is 0.00000338. The van der Waals surface area contributed by atoms with Crippen LogP contribution in [0.3, 0.4) is 0 Å². The quantitative estimate of drug-likeness (QED) is 0.210. The van der Waals surface area contributed by atoms with Crippen LogP contribution >= 0.6 is 24.0 Å². The fourth-order valence-electron chi connectivity index (χ4n) is 3.51. The van der Waals surface area contributed by atoms with Gasteiger partial charge in [-0.2, -0.15) is 0 Å². The number of aliphatic imine (C=N–C) groups is 1. The molecule has 1 unspecified atom stereocenters. The fraction of sp³-hybridized carbons (Fsp3) is 0.650. The Morgan fingerprint density at radius 3 is 2.62 bits per heavy atom. The van der Waals surface area contributed by atoms with Gasteiger partial charge in [-0.25, -0.2) is 0 Å². The molecule has 0 heterocycles. The van der Waals surface area contributed by atoms with Crippen LogP contribution in [-0.2, 0) is 4.74 Å². The van der Waals surface area contributed by atoms with Crippen molar-refractivity contribution in [2.75, 3.05) is 26.3 Å². The van der Waals surface area contributed by atoms with Crippen LogP contribution in [0, 0.1) is 0 Å². The van der Waals surface area contributed by atoms with Crippen molar-refractivity contribution in [1.29, 1.82) is 0 Å². The van der Waals surface area contributed by atoms with Gasteiger partial charge in [0.05, 0.1) is 6.54 Å². The normalized spacial score (nSPS) is 17.5. The lowest BCUT2D eigenvalue weighted by Gasteiger charge is -2.33. The molecule has 4 N–H and O–H groups in total. The average molecular weight is 474 g/mol. The molecular weight excluding hydrogens is 439 g/mol. The van der Waals surface area contributed by atoms with Crippen molar-refractivity contribution in [2.24, 2.45) is 10.7 Å². The van der Waals surface area contributed by atoms with E-state index in [1.807, 2.05) is 6.92 Å². The first-order valence-corrected chi connectivity index (χ1v) is 9.59. The minimum absolute atomic E-state index is 0. The number of guanidine groups is 1. The van der Waals surface area contributed by atoms with Gasteiger partial charge in [0.1, 0.15) is 0 Å². The summed E-state index contributed by atoms with van der Waals surface area (Å²) in [6, 6.07) is 10.9. The Morgan fingerprint density at radius 1 is 1.27 bits per heavy atom. The molecule has 1 atom stereocenters. The summed E-state index contributed by atoms with van der Waals surface area (Å²) in [4.78, 5) is 4.62. The van der Waals surface area contributed by atoms with Crippen LogP contribution in [0.4, 0.5) is 0 Å². The molecule has 5 nitrogen and oxygen atoms in total. The lowest BCUT2D eigenvalue weighted by Crippen LogP contribution is -2.47. The molecule has 0 bridgehead atoms. The summed E-state index contributed by atoms with van der Waals surface area (Å²) in [7, 11) is 0. The Hall–Kier alpha value is -0.860. The Kier molecular flexibility index (Phi) is 11.2. The molecule has 1 aromatic carbocycles. The van der Waals surface area contributed by atoms with Crippen molar-refractivity contribution in [3.63, 3.8) is 0 Å². The minimum atomic E-state index is 0. The second-order valence-corrected chi connectivity index (χ2v) is 6.94. The lowest BCUT2D eigenvalue weighted by molar-refractivity contribution is 0.145. The number of nitrogens with one attached hydrogen (secondary N) is 2. The number of rotatable bonds is 10. The molecule has 1 aliphatic carbocycles. The van der Waals surface area contributed by atoms with Gasteiger partial charge in [0.2, 0.25) is 0 Å². The van der Waals surface area contributed by atoms with Crippen molar-refractivity contribution in [1.82, 2.24) is 10.6 Å². The third kappa shape index (κ3) is 7.80. The molecule has 0 aliphatic heterocycles. The van der Waals surface area contributed by atoms with E-state index in [9.17, 15) is 0 Å². The molecule has 0 spiro atoms. The number of benzene rings is 1. The molecule has 26 heavy (non-hydrogen) atoms. The van der Waals surface area contributed by atoms with E-state index in [1.54, 1.807) is 0 Å². The zero-order chi connectivity index (χ0) is 18.0. The first-order valence-electron chi connectivity index (χ1n) is 9.59. The van der Waals surface area contributed by atoms with Crippen LogP contribution in [0.2, 0.25) is 0 Å². The monoisotopic (exact) mass is 474 g/mol. The van der Waals surface area contributed by atoms with E-state index in [-0.39, 0.29) is 29.5 Å². The number of hydrogen-bond donors (Lipinski definition) is 3. The molecule has 1 aliphatic rings. The van der Waals surface area contributed by atoms with Gasteiger partial charge >= 0.3 is 0 Å². The van der Waals surface area contributed by atoms with Gasteiger partial charge in [-0.15, -0.1) is 24.0 Å². The van der Waals surface area contributed by atoms with E-state index in [1.165, 1.54) is 18.4 Å². The molecule has 1 saturated carbocycles. The molecule has 6 heteroatoms. The van der Waals surface area contributed by atoms with Crippen molar-refractivity contribution in [3.05, 3.63) is 35.9 Å². The highest BCUT2D eigenvalue weighted by Gasteiger charge is 2.34. The smallest absolute Gasteiger partial charge is 0.188 e. The van der Waals surface area contributed by atoms with Crippen LogP contribution in [0.25, 0.3) is 0 Å². The molecule has 148 valence electrons. The predicted octanol–water partition coefficient (Wildman–Crippen LogP) is 3.60. The molecule has 1 aromatic rings. The Bertz CT molecular complexity index is 518. The standard InChI is InChI=1S/C20H34N4O.HI/c1-3-25-15-9-14-22-19(21)23-16-20(12-7-8-13-20)24-17(2)18-10-5-4-6-11-18;/h4-6,10-11,17,24H,3,7-9,12-16H2,1-2H3,(H3,21,22,23);1H. The van der Waals surface area contributed by atoms with Gasteiger partial charge in [0.15, 0.2) is 5.96 Å². The number of nitrogens with zero attached hydrogens (tertiary/aromatic N) is 1. The number of ether oxygens (including phenoxy) is 1. The van der Waals surface area contributed by atoms with Crippen molar-refractivity contribution in [3.8, 4) is 0 Å². The summed E-state index contributed by atoms with van der Waals surface area (Å²) < 4.78 is 5.33. The van der Waals surface area contributed by atoms with Crippen LogP contribution in [0.15, 0.2) is 35.3 Å². The van der Waals surface area contributed by atoms with Crippen molar-refractivity contribution < 1.29 is 4.74 Å². The SMILES string of the molecule is CCOCCCNC(N)=NCC1(NC(C)c2ccccc2)CCCC1.I. The van der Waals surface area contributed by atoms with Crippen LogP contribution < -0.4 is 16.4 Å². The summed E-state index contributed by atoms with van der Waals surface area (Å²) >= 11 is 0. The maximum Gasteiger partial charge on any atom is 0.188 e. The maximum atomic E-state index is 6.04. The van der Waals surface area contributed by atoms with E-state index in [0.29, 0.717) is 12.0 Å². The second kappa shape index (κ2) is 12.5. The van der Waals surface area contributed by atoms with Gasteiger partial charge in [0, 0.05) is 31.3 Å². The van der Waals surface area contributed by atoms with Gasteiger partial charge in [-0.05, 0) is 38.7 Å². The highest BCUT2D eigenvalue weighted by atomic mass is 127. The maximum absolute atomic E-state index is 6.04. The molecular formula is C20H35IN4O. The summed E-state index contributed by atoms with van der Waals surface area (Å²) in [5.74, 6) is 0.539. The Morgan fingerprint density at radius 2 is 1.96 bits per heavy atom. The van der Waals surface area contributed by atoms with Gasteiger partial charge in [0.25, 0.3) is 0 Å². The molecule has 2 rings (SSSR count). The molecule has 0 saturated heterocycles. The van der Waals surface area contributed by atoms with E-state index < -0.39 is 0 Å². The summed E-state index contributed by atoms with van der Waals surface area (Å²) in [6.07, 6.45) is 5.77. The highest BCUT2D eigenvalue weighted by molar-refractivity contribution is 14.0. The second-order valence-electron chi connectivity index (χ2n) is 6.94. The Labute approximate surface area is 175 Å². The predicted molar refractivity (Wildman–Crippen MR) is 120 cm³/mol. The summed E-state index contributed by atoms with van der Waals surface area (Å²) in [6.45, 7) is 7.29. The molecule has 0 aromatic heterocycles. The van der Waals surface area contributed by atoms with Gasteiger partial charge < -0.3 is 21.1 Å². The molecule has 1 fully saturated rings. The summed E-state index contributed by atoms with van der Waals surface area (Å²) in [5, 5.41) is 7.03. The highest BCUT2D eigenvalue weighted by Crippen LogP contribution is 2.32. The van der Waals surface area contributed by atoms with E-state index in [2.05, 4.69) is 52.9 Å². The van der Waals surface area contributed by atoms with Crippen LogP contribution in [0.5, 0.6) is 0 Å². The van der Waals surface area contributed by atoms with Crippen LogP contribution in [-0.4, -0.2) is 37.8 Å². The largest absolute Gasteiger partial charge is 0.382 e. The van der Waals surface area contributed by atoms with E-state index in [4.69, 9.17) is 10.5 Å². The van der Waals surface area contributed by atoms with E-state index in [0.717, 1.165) is 45.6 Å². The zero-order valence-corrected chi connectivity index (χ0v) is 18.5. The number of halogens is 1. The number of hydrogen-bond acceptors (Lipinski definition) is 3. The third-order valence-electron chi connectivity index (χ3n) is 4.91. The summed E-state index contributed by atoms with van der Waals surface area (Å²) in [5.41, 5.74) is 7.42. The first-order chi connectivity index (χ1) is 12.2. The van der Waals surface area contributed by atoms with Crippen molar-refractivity contribution >= 4 is 29.9 Å². The first kappa shape index (κ1) is 23.2. The van der Waals surface area contributed by atoms with Gasteiger partial charge in [-0.3, -0.25) is 4.99 Å². The van der Waals surface area contributed by atoms with E-state index >= 15 is 0 Å². The fourth-order valence-corrected chi connectivity index (χ4v) is 3.51. The third-order valence-corrected chi connectivity index (χ3v) is 4.91. The zero-order valence-electron chi connectivity index (χ0n) is 16.2. The van der Waals surface area contributed by atoms with Gasteiger partial charge in [-0.1, -0.05) is 43.2 Å². The molecule has 0 amide bonds. The van der Waals surface area contributed by atoms with Crippen LogP contribution in [0.1, 0.15) is 57.6 Å². The topological polar surface area (TPSA) is 71.7 Å². The number of nitrogens with two attached hydrogens (primary N) is 1. The lowest BCUT2D eigenvalue weighted by atomic mass is 9.95.